The van der Waals surface area contributed by atoms with Gasteiger partial charge in [-0.1, -0.05) is 18.2 Å². The highest BCUT2D eigenvalue weighted by Crippen LogP contribution is 2.61. The maximum Gasteiger partial charge on any atom is 0.252 e. The number of nitrogens with two attached hydrogens (primary N) is 1. The van der Waals surface area contributed by atoms with E-state index in [0.29, 0.717) is 19.3 Å². The maximum atomic E-state index is 12.1. The van der Waals surface area contributed by atoms with E-state index in [1.807, 2.05) is 6.07 Å². The number of hydrogen-bond donors (Lipinski definition) is 3. The second-order valence-corrected chi connectivity index (χ2v) is 9.20. The Morgan fingerprint density at radius 2 is 2.11 bits per heavy atom. The average Bonchev–Trinajstić information content (AvgIpc) is 3.42. The summed E-state index contributed by atoms with van der Waals surface area (Å²) >= 11 is 0. The minimum absolute atomic E-state index is 0.0257. The molecule has 4 aliphatic rings. The lowest BCUT2D eigenvalue weighted by atomic mass is 9.48. The molecule has 0 spiro atoms. The van der Waals surface area contributed by atoms with Crippen molar-refractivity contribution in [2.24, 2.45) is 11.7 Å². The summed E-state index contributed by atoms with van der Waals surface area (Å²) in [5.41, 5.74) is 7.09. The first-order valence-electron chi connectivity index (χ1n) is 10.1. The van der Waals surface area contributed by atoms with E-state index in [-0.39, 0.29) is 17.4 Å². The van der Waals surface area contributed by atoms with Gasteiger partial charge in [-0.2, -0.15) is 0 Å². The fourth-order valence-electron chi connectivity index (χ4n) is 6.18. The van der Waals surface area contributed by atoms with Crippen molar-refractivity contribution in [3.8, 4) is 5.75 Å². The molecule has 1 heterocycles. The molecule has 1 aromatic carbocycles. The molecule has 2 saturated carbocycles. The lowest BCUT2D eigenvalue weighted by molar-refractivity contribution is -0.159. The van der Waals surface area contributed by atoms with Crippen LogP contribution in [0.2, 0.25) is 0 Å². The van der Waals surface area contributed by atoms with E-state index < -0.39 is 16.9 Å². The number of phenols is 1. The molecule has 3 atom stereocenters. The molecule has 1 saturated heterocycles. The summed E-state index contributed by atoms with van der Waals surface area (Å²) in [6, 6.07) is 3.63. The van der Waals surface area contributed by atoms with Crippen molar-refractivity contribution >= 4 is 5.91 Å². The molecular formula is C22H28N2O3. The quantitative estimate of drug-likeness (QED) is 0.714. The topological polar surface area (TPSA) is 86.8 Å². The number of likely N-dealkylation sites (tertiary alicyclic amines) is 1. The number of nitrogens with zero attached hydrogens (tertiary/aromatic N) is 1. The Kier molecular flexibility index (Phi) is 3.57. The number of benzene rings is 1. The van der Waals surface area contributed by atoms with Gasteiger partial charge in [-0.05, 0) is 69.0 Å². The zero-order valence-corrected chi connectivity index (χ0v) is 15.7. The van der Waals surface area contributed by atoms with Gasteiger partial charge in [0.2, 0.25) is 0 Å². The number of fused-ring (bicyclic) bond motifs is 1. The molecule has 3 fully saturated rings. The number of aliphatic hydroxyl groups is 1. The van der Waals surface area contributed by atoms with Crippen LogP contribution in [-0.2, 0) is 11.8 Å². The van der Waals surface area contributed by atoms with Gasteiger partial charge in [0.05, 0.1) is 11.2 Å². The molecule has 0 radical (unpaired) electrons. The Morgan fingerprint density at radius 1 is 1.33 bits per heavy atom. The van der Waals surface area contributed by atoms with Crippen molar-refractivity contribution in [3.05, 3.63) is 41.0 Å². The van der Waals surface area contributed by atoms with Crippen molar-refractivity contribution in [3.63, 3.8) is 0 Å². The first kappa shape index (κ1) is 17.3. The number of rotatable bonds is 3. The standard InChI is InChI=1S/C22H28N2O3/c1-13-6-7-22(27)17-10-15-4-5-16(20(23)26)19(25)18(15)21(22,11-13)8-9-24(17)12-14-2-3-14/h4-5,14,17,25,27H,1-3,6-12H2,(H2,23,26)/t17-,21-,22-/m1/s1. The number of amides is 1. The minimum atomic E-state index is -0.901. The van der Waals surface area contributed by atoms with Crippen molar-refractivity contribution in [2.45, 2.75) is 62.0 Å². The molecule has 1 aliphatic heterocycles. The lowest BCUT2D eigenvalue weighted by Crippen LogP contribution is -2.72. The number of piperidine rings is 1. The van der Waals surface area contributed by atoms with Crippen LogP contribution in [0.5, 0.6) is 5.75 Å². The van der Waals surface area contributed by atoms with Gasteiger partial charge >= 0.3 is 0 Å². The van der Waals surface area contributed by atoms with E-state index in [1.54, 1.807) is 6.07 Å². The monoisotopic (exact) mass is 368 g/mol. The van der Waals surface area contributed by atoms with Crippen LogP contribution in [0.15, 0.2) is 24.3 Å². The van der Waals surface area contributed by atoms with Crippen molar-refractivity contribution in [1.82, 2.24) is 4.90 Å². The highest BCUT2D eigenvalue weighted by molar-refractivity contribution is 5.96. The van der Waals surface area contributed by atoms with E-state index in [2.05, 4.69) is 11.5 Å². The molecule has 4 N–H and O–H groups in total. The molecule has 27 heavy (non-hydrogen) atoms. The zero-order valence-electron chi connectivity index (χ0n) is 15.7. The Balaban J connectivity index is 1.70. The molecule has 0 aromatic heterocycles. The molecule has 144 valence electrons. The fourth-order valence-corrected chi connectivity index (χ4v) is 6.18. The summed E-state index contributed by atoms with van der Waals surface area (Å²) in [5.74, 6) is 0.118. The lowest BCUT2D eigenvalue weighted by Gasteiger charge is -2.64. The van der Waals surface area contributed by atoms with Gasteiger partial charge in [0.15, 0.2) is 0 Å². The predicted octanol–water partition coefficient (Wildman–Crippen LogP) is 2.24. The number of primary amides is 1. The molecule has 5 rings (SSSR count). The smallest absolute Gasteiger partial charge is 0.252 e. The average molecular weight is 368 g/mol. The van der Waals surface area contributed by atoms with Crippen molar-refractivity contribution in [2.75, 3.05) is 13.1 Å². The van der Waals surface area contributed by atoms with E-state index in [1.165, 1.54) is 12.8 Å². The SMILES string of the molecule is C=C1CC[C@@]2(O)[C@H]3Cc4ccc(C(N)=O)c(O)c4[C@@]2(CCN3CC2CC2)C1. The van der Waals surface area contributed by atoms with Gasteiger partial charge in [-0.15, -0.1) is 0 Å². The van der Waals surface area contributed by atoms with Gasteiger partial charge in [-0.25, -0.2) is 0 Å². The Labute approximate surface area is 159 Å². The minimum Gasteiger partial charge on any atom is -0.507 e. The normalized spacial score (nSPS) is 35.4. The zero-order chi connectivity index (χ0) is 19.0. The summed E-state index contributed by atoms with van der Waals surface area (Å²) in [6.45, 7) is 6.19. The first-order valence-corrected chi connectivity index (χ1v) is 10.1. The second-order valence-electron chi connectivity index (χ2n) is 9.20. The van der Waals surface area contributed by atoms with Crippen LogP contribution in [0.3, 0.4) is 0 Å². The third kappa shape index (κ3) is 2.28. The van der Waals surface area contributed by atoms with E-state index >= 15 is 0 Å². The molecule has 3 aliphatic carbocycles. The third-order valence-electron chi connectivity index (χ3n) is 7.67. The third-order valence-corrected chi connectivity index (χ3v) is 7.67. The number of allylic oxidation sites excluding steroid dienone is 1. The van der Waals surface area contributed by atoms with E-state index in [9.17, 15) is 15.0 Å². The van der Waals surface area contributed by atoms with Gasteiger partial charge in [-0.3, -0.25) is 9.69 Å². The second kappa shape index (κ2) is 5.58. The number of carbonyl (C=O) groups excluding carboxylic acids is 1. The summed E-state index contributed by atoms with van der Waals surface area (Å²) in [4.78, 5) is 14.3. The van der Waals surface area contributed by atoms with Crippen LogP contribution in [0.4, 0.5) is 0 Å². The highest BCUT2D eigenvalue weighted by atomic mass is 16.3. The Morgan fingerprint density at radius 3 is 2.81 bits per heavy atom. The Hall–Kier alpha value is -1.85. The molecular weight excluding hydrogens is 340 g/mol. The largest absolute Gasteiger partial charge is 0.507 e. The Bertz CT molecular complexity index is 846. The van der Waals surface area contributed by atoms with E-state index in [0.717, 1.165) is 48.5 Å². The van der Waals surface area contributed by atoms with Crippen molar-refractivity contribution in [1.29, 1.82) is 0 Å². The van der Waals surface area contributed by atoms with Gasteiger partial charge in [0, 0.05) is 23.6 Å². The van der Waals surface area contributed by atoms with Crippen LogP contribution in [0, 0.1) is 5.92 Å². The highest BCUT2D eigenvalue weighted by Gasteiger charge is 2.64. The van der Waals surface area contributed by atoms with Crippen LogP contribution >= 0.6 is 0 Å². The number of aromatic hydroxyl groups is 1. The number of hydrogen-bond acceptors (Lipinski definition) is 4. The van der Waals surface area contributed by atoms with Crippen LogP contribution in [0.1, 0.15) is 60.0 Å². The van der Waals surface area contributed by atoms with Gasteiger partial charge in [0.25, 0.3) is 5.91 Å². The summed E-state index contributed by atoms with van der Waals surface area (Å²) in [6.07, 6.45) is 6.22. The van der Waals surface area contributed by atoms with Crippen LogP contribution < -0.4 is 5.73 Å². The van der Waals surface area contributed by atoms with Crippen LogP contribution in [-0.4, -0.2) is 45.8 Å². The molecule has 1 amide bonds. The summed E-state index contributed by atoms with van der Waals surface area (Å²) in [7, 11) is 0. The van der Waals surface area contributed by atoms with E-state index in [4.69, 9.17) is 5.73 Å². The van der Waals surface area contributed by atoms with Crippen molar-refractivity contribution < 1.29 is 15.0 Å². The summed E-state index contributed by atoms with van der Waals surface area (Å²) < 4.78 is 0. The first-order chi connectivity index (χ1) is 12.9. The summed E-state index contributed by atoms with van der Waals surface area (Å²) in [5, 5.41) is 23.1. The molecule has 5 heteroatoms. The molecule has 1 aromatic rings. The molecule has 0 unspecified atom stereocenters. The molecule has 2 bridgehead atoms. The van der Waals surface area contributed by atoms with Gasteiger partial charge < -0.3 is 15.9 Å². The number of carbonyl (C=O) groups is 1. The van der Waals surface area contributed by atoms with Crippen LogP contribution in [0.25, 0.3) is 0 Å². The predicted molar refractivity (Wildman–Crippen MR) is 103 cm³/mol. The molecule has 5 nitrogen and oxygen atoms in total. The fraction of sp³-hybridized carbons (Fsp3) is 0.591. The van der Waals surface area contributed by atoms with Gasteiger partial charge in [0.1, 0.15) is 5.75 Å². The maximum absolute atomic E-state index is 12.1.